The zero-order chi connectivity index (χ0) is 17.5. The lowest BCUT2D eigenvalue weighted by Crippen LogP contribution is -2.23. The number of nitrogens with zero attached hydrogens (tertiary/aromatic N) is 1. The van der Waals surface area contributed by atoms with Crippen LogP contribution in [-0.2, 0) is 6.42 Å². The van der Waals surface area contributed by atoms with Gasteiger partial charge >= 0.3 is 0 Å². The van der Waals surface area contributed by atoms with Crippen molar-refractivity contribution in [3.8, 4) is 11.5 Å². The van der Waals surface area contributed by atoms with E-state index in [-0.39, 0.29) is 0 Å². The van der Waals surface area contributed by atoms with E-state index in [4.69, 9.17) is 38.4 Å². The number of nitrogens with one attached hydrogen (secondary N) is 1. The van der Waals surface area contributed by atoms with E-state index in [1.165, 1.54) is 0 Å². The van der Waals surface area contributed by atoms with Gasteiger partial charge in [0.25, 0.3) is 0 Å². The van der Waals surface area contributed by atoms with Gasteiger partial charge < -0.3 is 20.5 Å². The first-order chi connectivity index (χ1) is 11.5. The van der Waals surface area contributed by atoms with Gasteiger partial charge in [-0.1, -0.05) is 23.2 Å². The first-order valence-electron chi connectivity index (χ1n) is 7.25. The van der Waals surface area contributed by atoms with Gasteiger partial charge in [0.05, 0.1) is 14.2 Å². The number of rotatable bonds is 6. The predicted molar refractivity (Wildman–Crippen MR) is 99.8 cm³/mol. The number of anilines is 1. The summed E-state index contributed by atoms with van der Waals surface area (Å²) in [5.74, 6) is 1.58. The number of benzene rings is 2. The molecule has 24 heavy (non-hydrogen) atoms. The van der Waals surface area contributed by atoms with Gasteiger partial charge in [0.15, 0.2) is 17.5 Å². The lowest BCUT2D eigenvalue weighted by Gasteiger charge is -2.11. The van der Waals surface area contributed by atoms with Crippen molar-refractivity contribution in [3.63, 3.8) is 0 Å². The van der Waals surface area contributed by atoms with Gasteiger partial charge in [-0.2, -0.15) is 0 Å². The molecule has 0 unspecified atom stereocenters. The number of guanidine groups is 1. The molecule has 0 aliphatic rings. The van der Waals surface area contributed by atoms with Crippen molar-refractivity contribution in [2.45, 2.75) is 6.42 Å². The Kier molecular flexibility index (Phi) is 6.58. The minimum absolute atomic E-state index is 0.315. The summed E-state index contributed by atoms with van der Waals surface area (Å²) >= 11 is 11.9. The Labute approximate surface area is 151 Å². The molecule has 128 valence electrons. The molecule has 0 saturated carbocycles. The molecule has 0 spiro atoms. The molecule has 0 saturated heterocycles. The van der Waals surface area contributed by atoms with Crippen molar-refractivity contribution in [1.29, 1.82) is 0 Å². The van der Waals surface area contributed by atoms with Crippen LogP contribution >= 0.6 is 23.2 Å². The molecule has 7 heteroatoms. The van der Waals surface area contributed by atoms with Crippen LogP contribution in [0.15, 0.2) is 41.4 Å². The highest BCUT2D eigenvalue weighted by Gasteiger charge is 2.05. The van der Waals surface area contributed by atoms with E-state index >= 15 is 0 Å². The molecular formula is C17H19Cl2N3O2. The Morgan fingerprint density at radius 3 is 2.33 bits per heavy atom. The van der Waals surface area contributed by atoms with Crippen LogP contribution in [0.4, 0.5) is 5.69 Å². The lowest BCUT2D eigenvalue weighted by atomic mass is 10.1. The number of hydrogen-bond donors (Lipinski definition) is 2. The summed E-state index contributed by atoms with van der Waals surface area (Å²) in [6, 6.07) is 10.8. The smallest absolute Gasteiger partial charge is 0.193 e. The fourth-order valence-corrected chi connectivity index (χ4v) is 2.73. The van der Waals surface area contributed by atoms with Crippen LogP contribution < -0.4 is 20.5 Å². The predicted octanol–water partition coefficient (Wildman–Crippen LogP) is 3.98. The number of methoxy groups -OCH3 is 2. The molecule has 0 bridgehead atoms. The first kappa shape index (κ1) is 18.2. The van der Waals surface area contributed by atoms with E-state index in [2.05, 4.69) is 10.3 Å². The Morgan fingerprint density at radius 1 is 1.04 bits per heavy atom. The minimum Gasteiger partial charge on any atom is -0.493 e. The summed E-state index contributed by atoms with van der Waals surface area (Å²) in [6.07, 6.45) is 0.689. The monoisotopic (exact) mass is 367 g/mol. The number of nitrogens with two attached hydrogens (primary N) is 1. The zero-order valence-corrected chi connectivity index (χ0v) is 15.0. The Morgan fingerprint density at radius 2 is 1.71 bits per heavy atom. The van der Waals surface area contributed by atoms with Crippen molar-refractivity contribution < 1.29 is 9.47 Å². The van der Waals surface area contributed by atoms with E-state index < -0.39 is 0 Å². The highest BCUT2D eigenvalue weighted by Crippen LogP contribution is 2.29. The van der Waals surface area contributed by atoms with Crippen molar-refractivity contribution >= 4 is 34.8 Å². The van der Waals surface area contributed by atoms with Crippen LogP contribution in [0.2, 0.25) is 10.0 Å². The largest absolute Gasteiger partial charge is 0.493 e. The van der Waals surface area contributed by atoms with Gasteiger partial charge in [0.1, 0.15) is 0 Å². The second-order valence-electron chi connectivity index (χ2n) is 4.99. The fourth-order valence-electron chi connectivity index (χ4n) is 2.16. The molecule has 0 aromatic heterocycles. The van der Waals surface area contributed by atoms with Crippen molar-refractivity contribution in [2.24, 2.45) is 10.7 Å². The van der Waals surface area contributed by atoms with Crippen LogP contribution in [0.3, 0.4) is 0 Å². The maximum Gasteiger partial charge on any atom is 0.193 e. The maximum absolute atomic E-state index is 5.97. The van der Waals surface area contributed by atoms with Gasteiger partial charge in [-0.25, -0.2) is 0 Å². The summed E-state index contributed by atoms with van der Waals surface area (Å²) in [5.41, 5.74) is 7.68. The summed E-state index contributed by atoms with van der Waals surface area (Å²) < 4.78 is 10.4. The number of aliphatic imine (C=N–C) groups is 1. The van der Waals surface area contributed by atoms with Crippen LogP contribution in [0.25, 0.3) is 0 Å². The topological polar surface area (TPSA) is 68.9 Å². The average Bonchev–Trinajstić information content (AvgIpc) is 2.53. The van der Waals surface area contributed by atoms with Gasteiger partial charge in [-0.15, -0.1) is 0 Å². The quantitative estimate of drug-likeness (QED) is 0.598. The molecule has 3 N–H and O–H groups in total. The van der Waals surface area contributed by atoms with Gasteiger partial charge in [-0.05, 0) is 42.3 Å². The van der Waals surface area contributed by atoms with Crippen molar-refractivity contribution in [2.75, 3.05) is 26.1 Å². The van der Waals surface area contributed by atoms with Gasteiger partial charge in [0, 0.05) is 28.3 Å². The molecule has 0 fully saturated rings. The van der Waals surface area contributed by atoms with E-state index in [0.29, 0.717) is 40.5 Å². The van der Waals surface area contributed by atoms with Crippen LogP contribution in [0.1, 0.15) is 5.56 Å². The highest BCUT2D eigenvalue weighted by molar-refractivity contribution is 6.34. The van der Waals surface area contributed by atoms with Crippen LogP contribution in [0.5, 0.6) is 11.5 Å². The third kappa shape index (κ3) is 5.22. The maximum atomic E-state index is 5.97. The molecule has 0 amide bonds. The van der Waals surface area contributed by atoms with E-state index in [9.17, 15) is 0 Å². The summed E-state index contributed by atoms with van der Waals surface area (Å²) in [6.45, 7) is 0.517. The third-order valence-electron chi connectivity index (χ3n) is 3.26. The Balaban J connectivity index is 1.96. The number of hydrogen-bond acceptors (Lipinski definition) is 3. The Hall–Kier alpha value is -2.11. The molecular weight excluding hydrogens is 349 g/mol. The lowest BCUT2D eigenvalue weighted by molar-refractivity contribution is 0.355. The SMILES string of the molecule is COc1ccc(NC(N)=NCCc2cc(Cl)cc(Cl)c2)cc1OC. The zero-order valence-electron chi connectivity index (χ0n) is 13.5. The van der Waals surface area contributed by atoms with E-state index in [0.717, 1.165) is 11.3 Å². The molecule has 2 rings (SSSR count). The molecule has 0 aliphatic carbocycles. The number of halogens is 2. The molecule has 0 radical (unpaired) electrons. The van der Waals surface area contributed by atoms with Crippen LogP contribution in [0, 0.1) is 0 Å². The second-order valence-corrected chi connectivity index (χ2v) is 5.86. The summed E-state index contributed by atoms with van der Waals surface area (Å²) in [4.78, 5) is 4.30. The molecule has 2 aromatic carbocycles. The van der Waals surface area contributed by atoms with E-state index in [1.54, 1.807) is 32.4 Å². The molecule has 2 aromatic rings. The third-order valence-corrected chi connectivity index (χ3v) is 3.70. The molecule has 0 heterocycles. The molecule has 0 aliphatic heterocycles. The number of ether oxygens (including phenoxy) is 2. The molecule has 0 atom stereocenters. The Bertz CT molecular complexity index is 716. The normalized spacial score (nSPS) is 11.2. The second kappa shape index (κ2) is 8.66. The van der Waals surface area contributed by atoms with Gasteiger partial charge in [0.2, 0.25) is 0 Å². The first-order valence-corrected chi connectivity index (χ1v) is 8.01. The average molecular weight is 368 g/mol. The van der Waals surface area contributed by atoms with Gasteiger partial charge in [-0.3, -0.25) is 4.99 Å². The standard InChI is InChI=1S/C17H19Cl2N3O2/c1-23-15-4-3-14(10-16(15)24-2)22-17(20)21-6-5-11-7-12(18)9-13(19)8-11/h3-4,7-10H,5-6H2,1-2H3,(H3,20,21,22). The highest BCUT2D eigenvalue weighted by atomic mass is 35.5. The van der Waals surface area contributed by atoms with Crippen molar-refractivity contribution in [3.05, 3.63) is 52.0 Å². The fraction of sp³-hybridized carbons (Fsp3) is 0.235. The van der Waals surface area contributed by atoms with E-state index in [1.807, 2.05) is 18.2 Å². The molecule has 5 nitrogen and oxygen atoms in total. The van der Waals surface area contributed by atoms with Crippen molar-refractivity contribution in [1.82, 2.24) is 0 Å². The summed E-state index contributed by atoms with van der Waals surface area (Å²) in [7, 11) is 3.16. The minimum atomic E-state index is 0.315. The summed E-state index contributed by atoms with van der Waals surface area (Å²) in [5, 5.41) is 4.24. The van der Waals surface area contributed by atoms with Crippen LogP contribution in [-0.4, -0.2) is 26.7 Å².